The van der Waals surface area contributed by atoms with Gasteiger partial charge in [-0.25, -0.2) is 18.6 Å². The number of carbonyl (C=O) groups excluding carboxylic acids is 1. The zero-order chi connectivity index (χ0) is 36.6. The second-order valence-corrected chi connectivity index (χ2v) is 16.0. The summed E-state index contributed by atoms with van der Waals surface area (Å²) in [6, 6.07) is 9.82. The number of anilines is 1. The number of nitrogens with zero attached hydrogens (tertiary/aromatic N) is 6. The Bertz CT molecular complexity index is 2100. The highest BCUT2D eigenvalue weighted by atomic mass is 19.1. The van der Waals surface area contributed by atoms with Gasteiger partial charge in [0, 0.05) is 37.6 Å². The number of carbonyl (C=O) groups is 1. The number of hydrogen-bond acceptors (Lipinski definition) is 11. The first-order chi connectivity index (χ1) is 25.5. The van der Waals surface area contributed by atoms with Crippen LogP contribution in [0, 0.1) is 5.82 Å². The van der Waals surface area contributed by atoms with Crippen LogP contribution in [0.4, 0.5) is 19.4 Å². The van der Waals surface area contributed by atoms with Gasteiger partial charge in [0.05, 0.1) is 34.9 Å². The van der Waals surface area contributed by atoms with E-state index in [0.717, 1.165) is 32.2 Å². The van der Waals surface area contributed by atoms with Crippen molar-refractivity contribution >= 4 is 33.6 Å². The number of ether oxygens (including phenoxy) is 5. The summed E-state index contributed by atoms with van der Waals surface area (Å²) in [5.74, 6) is 0.985. The Morgan fingerprint density at radius 2 is 1.92 bits per heavy atom. The maximum absolute atomic E-state index is 15.6. The molecule has 0 spiro atoms. The molecule has 2 bridgehead atoms. The molecule has 5 aliphatic rings. The van der Waals surface area contributed by atoms with E-state index in [9.17, 15) is 9.18 Å². The van der Waals surface area contributed by atoms with Gasteiger partial charge < -0.3 is 28.6 Å². The molecule has 5 atom stereocenters. The van der Waals surface area contributed by atoms with Crippen LogP contribution in [0.5, 0.6) is 17.6 Å². The molecule has 14 heteroatoms. The Kier molecular flexibility index (Phi) is 8.26. The van der Waals surface area contributed by atoms with Crippen molar-refractivity contribution < 1.29 is 37.3 Å². The molecular formula is C39H44F2N6O6. The maximum atomic E-state index is 15.6. The van der Waals surface area contributed by atoms with Crippen molar-refractivity contribution in [1.29, 1.82) is 0 Å². The summed E-state index contributed by atoms with van der Waals surface area (Å²) in [6.07, 6.45) is 2.61. The van der Waals surface area contributed by atoms with E-state index in [1.165, 1.54) is 13.2 Å². The van der Waals surface area contributed by atoms with Crippen LogP contribution < -0.4 is 19.1 Å². The maximum Gasteiger partial charge on any atom is 0.410 e. The smallest absolute Gasteiger partial charge is 0.410 e. The highest BCUT2D eigenvalue weighted by molar-refractivity contribution is 6.01. The molecule has 4 aromatic rings. The standard InChI is InChI=1S/C39H44F2N6O6/c1-38(2,3)53-37(48)47-24-9-10-30(47)31-19-50-35-33-29(15-28(42-35)26-14-25(52-21-49-4)13-22-7-5-8-27(41)32(22)26)43-36(44-34(33)46(31)18-24)51-20-39-11-6-12-45(39)17-23(40)16-39/h5,7-8,13-15,23-24,30-31H,6,9-12,16-21H2,1-4H3/t23-,24-,30+,31+,39+/m1/s1. The van der Waals surface area contributed by atoms with E-state index in [-0.39, 0.29) is 50.2 Å². The van der Waals surface area contributed by atoms with Gasteiger partial charge >= 0.3 is 12.1 Å². The van der Waals surface area contributed by atoms with E-state index in [2.05, 4.69) is 9.80 Å². The van der Waals surface area contributed by atoms with Gasteiger partial charge in [-0.05, 0) is 82.7 Å². The SMILES string of the molecule is COCOc1cc(-c2cc3nc(OC[C@@]45CCCN4C[C@H](F)C5)nc4c3c(n2)OC[C@H]2[C@@H]3CC[C@H](CN42)N3C(=O)OC(C)(C)C)c2c(F)cccc2c1. The normalized spacial score (nSPS) is 26.4. The summed E-state index contributed by atoms with van der Waals surface area (Å²) in [5, 5.41) is 1.62. The van der Waals surface area contributed by atoms with Gasteiger partial charge in [0.25, 0.3) is 0 Å². The number of piperazine rings is 1. The number of benzene rings is 2. The molecule has 12 nitrogen and oxygen atoms in total. The van der Waals surface area contributed by atoms with Crippen molar-refractivity contribution in [2.75, 3.05) is 51.7 Å². The minimum atomic E-state index is -0.897. The number of aromatic nitrogens is 3. The summed E-state index contributed by atoms with van der Waals surface area (Å²) >= 11 is 0. The molecule has 0 saturated carbocycles. The molecule has 7 heterocycles. The number of pyridine rings is 1. The number of halogens is 2. The summed E-state index contributed by atoms with van der Waals surface area (Å²) in [5.41, 5.74) is 0.392. The molecule has 1 amide bonds. The van der Waals surface area contributed by atoms with Gasteiger partial charge in [0.15, 0.2) is 6.79 Å². The third kappa shape index (κ3) is 5.94. The fourth-order valence-corrected chi connectivity index (χ4v) is 9.26. The van der Waals surface area contributed by atoms with E-state index < -0.39 is 23.1 Å². The van der Waals surface area contributed by atoms with Gasteiger partial charge in [-0.1, -0.05) is 12.1 Å². The predicted molar refractivity (Wildman–Crippen MR) is 193 cm³/mol. The van der Waals surface area contributed by atoms with Crippen LogP contribution in [-0.2, 0) is 9.47 Å². The minimum absolute atomic E-state index is 0.0127. The van der Waals surface area contributed by atoms with Crippen LogP contribution in [0.15, 0.2) is 36.4 Å². The fourth-order valence-electron chi connectivity index (χ4n) is 9.26. The second-order valence-electron chi connectivity index (χ2n) is 16.0. The summed E-state index contributed by atoms with van der Waals surface area (Å²) in [4.78, 5) is 34.8. The molecule has 5 aliphatic heterocycles. The van der Waals surface area contributed by atoms with Gasteiger partial charge in [0.1, 0.15) is 47.8 Å². The zero-order valence-electron chi connectivity index (χ0n) is 30.4. The third-order valence-electron chi connectivity index (χ3n) is 11.4. The molecule has 9 rings (SSSR count). The van der Waals surface area contributed by atoms with Crippen LogP contribution in [0.1, 0.15) is 52.9 Å². The number of fused-ring (bicyclic) bond motifs is 7. The zero-order valence-corrected chi connectivity index (χ0v) is 30.4. The average Bonchev–Trinajstić information content (AvgIpc) is 3.72. The predicted octanol–water partition coefficient (Wildman–Crippen LogP) is 6.27. The van der Waals surface area contributed by atoms with E-state index in [4.69, 9.17) is 38.6 Å². The largest absolute Gasteiger partial charge is 0.475 e. The van der Waals surface area contributed by atoms with E-state index in [1.54, 1.807) is 24.3 Å². The van der Waals surface area contributed by atoms with Crippen molar-refractivity contribution in [3.63, 3.8) is 0 Å². The number of alkyl halides is 1. The Labute approximate surface area is 306 Å². The molecule has 280 valence electrons. The molecule has 2 aromatic carbocycles. The van der Waals surface area contributed by atoms with Gasteiger partial charge in [0.2, 0.25) is 5.88 Å². The summed E-state index contributed by atoms with van der Waals surface area (Å²) in [7, 11) is 1.53. The lowest BCUT2D eigenvalue weighted by atomic mass is 9.95. The van der Waals surface area contributed by atoms with Crippen molar-refractivity contribution in [1.82, 2.24) is 24.8 Å². The Balaban J connectivity index is 1.17. The molecule has 0 unspecified atom stereocenters. The lowest BCUT2D eigenvalue weighted by Crippen LogP contribution is -2.63. The summed E-state index contributed by atoms with van der Waals surface area (Å²) in [6.45, 7) is 7.86. The topological polar surface area (TPSA) is 112 Å². The number of rotatable bonds is 7. The average molecular weight is 731 g/mol. The number of amides is 1. The van der Waals surface area contributed by atoms with Crippen molar-refractivity contribution in [2.24, 2.45) is 0 Å². The fraction of sp³-hybridized carbons (Fsp3) is 0.538. The third-order valence-corrected chi connectivity index (χ3v) is 11.4. The molecule has 0 aliphatic carbocycles. The highest BCUT2D eigenvalue weighted by Gasteiger charge is 2.52. The van der Waals surface area contributed by atoms with E-state index >= 15 is 4.39 Å². The van der Waals surface area contributed by atoms with Crippen LogP contribution in [0.2, 0.25) is 0 Å². The van der Waals surface area contributed by atoms with Crippen LogP contribution in [0.3, 0.4) is 0 Å². The monoisotopic (exact) mass is 730 g/mol. The van der Waals surface area contributed by atoms with Crippen LogP contribution in [-0.4, -0.2) is 113 Å². The van der Waals surface area contributed by atoms with Gasteiger partial charge in [-0.3, -0.25) is 9.80 Å². The Morgan fingerprint density at radius 1 is 1.06 bits per heavy atom. The van der Waals surface area contributed by atoms with Crippen molar-refractivity contribution in [3.8, 4) is 28.9 Å². The van der Waals surface area contributed by atoms with Crippen molar-refractivity contribution in [2.45, 2.75) is 88.3 Å². The first-order valence-corrected chi connectivity index (χ1v) is 18.5. The quantitative estimate of drug-likeness (QED) is 0.201. The molecule has 0 N–H and O–H groups in total. The Hall–Kier alpha value is -4.56. The number of hydrogen-bond donors (Lipinski definition) is 0. The van der Waals surface area contributed by atoms with Crippen LogP contribution >= 0.6 is 0 Å². The molecule has 0 radical (unpaired) electrons. The van der Waals surface area contributed by atoms with Crippen LogP contribution in [0.25, 0.3) is 32.9 Å². The molecule has 2 aromatic heterocycles. The molecular weight excluding hydrogens is 686 g/mol. The first-order valence-electron chi connectivity index (χ1n) is 18.5. The first kappa shape index (κ1) is 34.2. The Morgan fingerprint density at radius 3 is 2.75 bits per heavy atom. The van der Waals surface area contributed by atoms with Gasteiger partial charge in [-0.2, -0.15) is 9.97 Å². The molecule has 4 fully saturated rings. The molecule has 53 heavy (non-hydrogen) atoms. The lowest BCUT2D eigenvalue weighted by Gasteiger charge is -2.46. The van der Waals surface area contributed by atoms with E-state index in [0.29, 0.717) is 69.9 Å². The lowest BCUT2D eigenvalue weighted by molar-refractivity contribution is 0.00537. The highest BCUT2D eigenvalue weighted by Crippen LogP contribution is 2.46. The van der Waals surface area contributed by atoms with Crippen molar-refractivity contribution in [3.05, 3.63) is 42.2 Å². The number of methoxy groups -OCH3 is 1. The van der Waals surface area contributed by atoms with E-state index in [1.807, 2.05) is 31.7 Å². The molecule has 4 saturated heterocycles. The summed E-state index contributed by atoms with van der Waals surface area (Å²) < 4.78 is 60.2. The van der Waals surface area contributed by atoms with Gasteiger partial charge in [-0.15, -0.1) is 0 Å². The second kappa shape index (κ2) is 12.8. The minimum Gasteiger partial charge on any atom is -0.475 e.